The predicted octanol–water partition coefficient (Wildman–Crippen LogP) is 4.17. The number of halogens is 3. The van der Waals surface area contributed by atoms with Crippen molar-refractivity contribution < 1.29 is 18.1 Å². The molecule has 0 aliphatic heterocycles. The molecule has 1 N–H and O–H groups in total. The molecule has 0 saturated heterocycles. The van der Waals surface area contributed by atoms with Crippen molar-refractivity contribution >= 4 is 11.5 Å². The highest BCUT2D eigenvalue weighted by molar-refractivity contribution is 5.51. The topological polar surface area (TPSA) is 68.1 Å². The van der Waals surface area contributed by atoms with Crippen molar-refractivity contribution in [3.63, 3.8) is 0 Å². The van der Waals surface area contributed by atoms with E-state index in [9.17, 15) is 23.3 Å². The Labute approximate surface area is 125 Å². The average molecular weight is 315 g/mol. The Morgan fingerprint density at radius 1 is 1.55 bits per heavy atom. The molecule has 2 rings (SSSR count). The largest absolute Gasteiger partial charge is 0.420 e. The van der Waals surface area contributed by atoms with Crippen LogP contribution in [0.5, 0.6) is 0 Å². The number of nitrogens with one attached hydrogen (secondary N) is 1. The second-order valence-electron chi connectivity index (χ2n) is 5.30. The normalized spacial score (nSPS) is 16.1. The van der Waals surface area contributed by atoms with Gasteiger partial charge in [0.05, 0.1) is 4.92 Å². The van der Waals surface area contributed by atoms with Crippen LogP contribution in [0.25, 0.3) is 0 Å². The lowest BCUT2D eigenvalue weighted by Gasteiger charge is -2.21. The van der Waals surface area contributed by atoms with Crippen molar-refractivity contribution in [2.45, 2.75) is 37.9 Å². The van der Waals surface area contributed by atoms with Crippen molar-refractivity contribution in [3.8, 4) is 0 Å². The molecule has 120 valence electrons. The summed E-state index contributed by atoms with van der Waals surface area (Å²) in [5.74, 6) is -0.0305. The van der Waals surface area contributed by atoms with Crippen LogP contribution >= 0.6 is 0 Å². The molecule has 1 heterocycles. The van der Waals surface area contributed by atoms with Gasteiger partial charge in [-0.1, -0.05) is 6.08 Å². The van der Waals surface area contributed by atoms with Gasteiger partial charge in [-0.25, -0.2) is 4.98 Å². The predicted molar refractivity (Wildman–Crippen MR) is 75.5 cm³/mol. The summed E-state index contributed by atoms with van der Waals surface area (Å²) in [6, 6.07) is 0.389. The van der Waals surface area contributed by atoms with Crippen LogP contribution in [0.15, 0.2) is 24.9 Å². The molecule has 0 radical (unpaired) electrons. The molecular formula is C14H16F3N3O2. The zero-order valence-electron chi connectivity index (χ0n) is 11.8. The van der Waals surface area contributed by atoms with E-state index in [-0.39, 0.29) is 11.9 Å². The van der Waals surface area contributed by atoms with Gasteiger partial charge in [0, 0.05) is 12.1 Å². The number of nitro groups is 1. The van der Waals surface area contributed by atoms with E-state index in [1.54, 1.807) is 6.08 Å². The zero-order chi connectivity index (χ0) is 16.3. The van der Waals surface area contributed by atoms with Crippen LogP contribution in [0.3, 0.4) is 0 Å². The van der Waals surface area contributed by atoms with Crippen LogP contribution in [-0.2, 0) is 6.18 Å². The molecule has 0 aromatic carbocycles. The molecule has 0 amide bonds. The molecule has 1 aliphatic rings. The maximum absolute atomic E-state index is 13.1. The molecule has 1 aromatic rings. The third-order valence-corrected chi connectivity index (χ3v) is 3.58. The summed E-state index contributed by atoms with van der Waals surface area (Å²) in [5, 5.41) is 13.5. The Morgan fingerprint density at radius 3 is 2.73 bits per heavy atom. The molecule has 0 spiro atoms. The number of anilines is 1. The molecule has 8 heteroatoms. The monoisotopic (exact) mass is 315 g/mol. The summed E-state index contributed by atoms with van der Waals surface area (Å²) < 4.78 is 39.3. The first-order chi connectivity index (χ1) is 10.3. The van der Waals surface area contributed by atoms with Crippen LogP contribution < -0.4 is 5.32 Å². The maximum Gasteiger partial charge on any atom is 0.420 e. The quantitative estimate of drug-likeness (QED) is 0.466. The summed E-state index contributed by atoms with van der Waals surface area (Å²) in [6.07, 6.45) is 1.12. The number of alkyl halides is 3. The second kappa shape index (κ2) is 6.33. The lowest BCUT2D eigenvalue weighted by Crippen LogP contribution is -2.24. The van der Waals surface area contributed by atoms with Gasteiger partial charge in [-0.15, -0.1) is 6.58 Å². The summed E-state index contributed by atoms with van der Waals surface area (Å²) in [7, 11) is 0. The van der Waals surface area contributed by atoms with Crippen LogP contribution in [0, 0.1) is 16.0 Å². The smallest absolute Gasteiger partial charge is 0.367 e. The summed E-state index contributed by atoms with van der Waals surface area (Å²) in [6.45, 7) is 3.61. The van der Waals surface area contributed by atoms with Gasteiger partial charge in [0.25, 0.3) is 5.69 Å². The van der Waals surface area contributed by atoms with Crippen LogP contribution in [-0.4, -0.2) is 15.9 Å². The Kier molecular flexibility index (Phi) is 4.68. The minimum atomic E-state index is -4.70. The van der Waals surface area contributed by atoms with E-state index in [1.807, 2.05) is 0 Å². The number of nitrogens with zero attached hydrogens (tertiary/aromatic N) is 2. The van der Waals surface area contributed by atoms with Gasteiger partial charge in [0.2, 0.25) is 0 Å². The third-order valence-electron chi connectivity index (χ3n) is 3.58. The van der Waals surface area contributed by atoms with Gasteiger partial charge in [-0.05, 0) is 31.6 Å². The Balaban J connectivity index is 2.28. The molecule has 0 bridgehead atoms. The highest BCUT2D eigenvalue weighted by Gasteiger charge is 2.38. The lowest BCUT2D eigenvalue weighted by molar-refractivity contribution is -0.385. The minimum absolute atomic E-state index is 0.131. The van der Waals surface area contributed by atoms with Crippen molar-refractivity contribution in [2.75, 3.05) is 5.32 Å². The Morgan fingerprint density at radius 2 is 2.23 bits per heavy atom. The molecule has 1 fully saturated rings. The van der Waals surface area contributed by atoms with Gasteiger partial charge in [-0.2, -0.15) is 13.2 Å². The molecule has 1 unspecified atom stereocenters. The fraction of sp³-hybridized carbons (Fsp3) is 0.500. The van der Waals surface area contributed by atoms with E-state index in [2.05, 4.69) is 16.9 Å². The molecule has 5 nitrogen and oxygen atoms in total. The van der Waals surface area contributed by atoms with Crippen molar-refractivity contribution in [2.24, 2.45) is 5.92 Å². The summed E-state index contributed by atoms with van der Waals surface area (Å²) in [5.41, 5.74) is -1.78. The molecule has 1 aromatic heterocycles. The first kappa shape index (κ1) is 16.3. The Bertz CT molecular complexity index is 571. The van der Waals surface area contributed by atoms with E-state index in [4.69, 9.17) is 0 Å². The van der Waals surface area contributed by atoms with Crippen LogP contribution in [0.2, 0.25) is 0 Å². The lowest BCUT2D eigenvalue weighted by atomic mass is 10.1. The van der Waals surface area contributed by atoms with E-state index in [0.29, 0.717) is 24.8 Å². The summed E-state index contributed by atoms with van der Waals surface area (Å²) >= 11 is 0. The SMILES string of the molecule is C=CCCC(Nc1ncc([N+](=O)[O-])cc1C(F)(F)F)C1CC1. The minimum Gasteiger partial charge on any atom is -0.367 e. The standard InChI is InChI=1S/C14H16F3N3O2/c1-2-3-4-12(9-5-6-9)19-13-11(14(15,16)17)7-10(8-18-13)20(21)22/h2,7-9,12H,1,3-6H2,(H,18,19). The number of allylic oxidation sites excluding steroid dienone is 1. The van der Waals surface area contributed by atoms with Crippen molar-refractivity contribution in [1.29, 1.82) is 0 Å². The molecule has 22 heavy (non-hydrogen) atoms. The van der Waals surface area contributed by atoms with Gasteiger partial charge in [0.15, 0.2) is 0 Å². The molecule has 1 saturated carbocycles. The first-order valence-electron chi connectivity index (χ1n) is 6.92. The fourth-order valence-electron chi connectivity index (χ4n) is 2.28. The number of hydrogen-bond donors (Lipinski definition) is 1. The fourth-order valence-corrected chi connectivity index (χ4v) is 2.28. The van der Waals surface area contributed by atoms with Gasteiger partial charge in [-0.3, -0.25) is 10.1 Å². The highest BCUT2D eigenvalue weighted by atomic mass is 19.4. The highest BCUT2D eigenvalue weighted by Crippen LogP contribution is 2.40. The van der Waals surface area contributed by atoms with E-state index < -0.39 is 22.4 Å². The molecule has 1 atom stereocenters. The number of pyridine rings is 1. The summed E-state index contributed by atoms with van der Waals surface area (Å²) in [4.78, 5) is 13.4. The number of hydrogen-bond acceptors (Lipinski definition) is 4. The molecule has 1 aliphatic carbocycles. The van der Waals surface area contributed by atoms with E-state index >= 15 is 0 Å². The number of aromatic nitrogens is 1. The zero-order valence-corrected chi connectivity index (χ0v) is 11.8. The first-order valence-corrected chi connectivity index (χ1v) is 6.92. The van der Waals surface area contributed by atoms with Gasteiger partial charge < -0.3 is 5.32 Å². The maximum atomic E-state index is 13.1. The average Bonchev–Trinajstić information content (AvgIpc) is 3.26. The van der Waals surface area contributed by atoms with Crippen LogP contribution in [0.4, 0.5) is 24.7 Å². The third kappa shape index (κ3) is 3.96. The van der Waals surface area contributed by atoms with E-state index in [1.165, 1.54) is 0 Å². The Hall–Kier alpha value is -2.12. The number of rotatable bonds is 7. The molecular weight excluding hydrogens is 299 g/mol. The van der Waals surface area contributed by atoms with Crippen molar-refractivity contribution in [3.05, 3.63) is 40.6 Å². The van der Waals surface area contributed by atoms with E-state index in [0.717, 1.165) is 19.0 Å². The van der Waals surface area contributed by atoms with Gasteiger partial charge >= 0.3 is 6.18 Å². The van der Waals surface area contributed by atoms with Crippen LogP contribution in [0.1, 0.15) is 31.2 Å². The van der Waals surface area contributed by atoms with Gasteiger partial charge in [0.1, 0.15) is 17.6 Å². The van der Waals surface area contributed by atoms with Crippen molar-refractivity contribution in [1.82, 2.24) is 4.98 Å². The second-order valence-corrected chi connectivity index (χ2v) is 5.30.